The molecule has 3 fully saturated rings. The maximum Gasteiger partial charge on any atom is 0.263 e. The highest BCUT2D eigenvalue weighted by molar-refractivity contribution is 8.18. The van der Waals surface area contributed by atoms with Crippen LogP contribution in [0, 0.1) is 5.92 Å². The van der Waals surface area contributed by atoms with Crippen LogP contribution in [0.5, 0.6) is 0 Å². The number of benzene rings is 1. The molecule has 0 N–H and O–H groups in total. The number of hydrogen-bond donors (Lipinski definition) is 0. The number of carbonyl (C=O) groups is 2. The number of thioether (sulfide) groups is 1. The Balaban J connectivity index is 1.25. The SMILES string of the molecule is CC(C)C1=C(C(=O)N2[C@H](C)CC[C@H]2C(=O)N2CCN(C)C3(CC3)C2)SC2=N[C@@](C)(c3ccc(Cl)nc3)[C@@H](c3ccc(Cl)cc3)N21. The standard InChI is InChI=1S/C34H40Cl2N6O2S/c1-20(2)27-28(31(44)41-21(3)6-12-25(41)30(43)40-17-16-39(5)34(19-40)14-15-34)45-32-38-33(4,23-9-13-26(36)37-18-23)29(42(27)32)22-7-10-24(35)11-8-22/h7-11,13,18,20-21,25,29H,6,12,14-17,19H2,1-5H3/t21-,25+,29-,33+/m1/s1. The van der Waals surface area contributed by atoms with Crippen LogP contribution in [0.15, 0.2) is 58.2 Å². The number of carbonyl (C=O) groups excluding carboxylic acids is 2. The normalized spacial score (nSPS) is 29.2. The molecule has 7 rings (SSSR count). The number of allylic oxidation sites excluding steroid dienone is 1. The Kier molecular flexibility index (Phi) is 7.78. The van der Waals surface area contributed by atoms with Crippen molar-refractivity contribution in [2.75, 3.05) is 26.7 Å². The highest BCUT2D eigenvalue weighted by Gasteiger charge is 2.55. The number of likely N-dealkylation sites (tertiary alicyclic amines) is 1. The molecule has 11 heteroatoms. The van der Waals surface area contributed by atoms with E-state index in [0.29, 0.717) is 28.0 Å². The van der Waals surface area contributed by atoms with Crippen molar-refractivity contribution in [2.45, 2.75) is 82.6 Å². The minimum atomic E-state index is -0.692. The third kappa shape index (κ3) is 5.09. The summed E-state index contributed by atoms with van der Waals surface area (Å²) < 4.78 is 0. The van der Waals surface area contributed by atoms with Crippen LogP contribution >= 0.6 is 35.0 Å². The van der Waals surface area contributed by atoms with E-state index >= 15 is 0 Å². The van der Waals surface area contributed by atoms with Crippen LogP contribution in [-0.4, -0.2) is 85.9 Å². The van der Waals surface area contributed by atoms with Gasteiger partial charge >= 0.3 is 0 Å². The van der Waals surface area contributed by atoms with Crippen LogP contribution < -0.4 is 0 Å². The molecule has 1 spiro atoms. The van der Waals surface area contributed by atoms with Gasteiger partial charge in [0.15, 0.2) is 5.17 Å². The molecule has 238 valence electrons. The van der Waals surface area contributed by atoms with Gasteiger partial charge in [-0.15, -0.1) is 0 Å². The highest BCUT2D eigenvalue weighted by atomic mass is 35.5. The largest absolute Gasteiger partial charge is 0.338 e. The van der Waals surface area contributed by atoms with Crippen LogP contribution in [0.2, 0.25) is 10.2 Å². The van der Waals surface area contributed by atoms with Crippen LogP contribution in [0.3, 0.4) is 0 Å². The maximum atomic E-state index is 14.7. The van der Waals surface area contributed by atoms with Crippen molar-refractivity contribution in [3.8, 4) is 0 Å². The molecule has 0 unspecified atom stereocenters. The van der Waals surface area contributed by atoms with Crippen molar-refractivity contribution in [2.24, 2.45) is 10.9 Å². The van der Waals surface area contributed by atoms with E-state index in [1.54, 1.807) is 12.3 Å². The number of piperazine rings is 1. The molecule has 8 nitrogen and oxygen atoms in total. The van der Waals surface area contributed by atoms with Crippen LogP contribution in [0.1, 0.15) is 70.5 Å². The first-order valence-electron chi connectivity index (χ1n) is 15.9. The molecule has 5 heterocycles. The van der Waals surface area contributed by atoms with E-state index in [1.165, 1.54) is 11.8 Å². The van der Waals surface area contributed by atoms with E-state index in [-0.39, 0.29) is 35.4 Å². The Bertz CT molecular complexity index is 1590. The summed E-state index contributed by atoms with van der Waals surface area (Å²) in [5.74, 6) is 0.0645. The van der Waals surface area contributed by atoms with Crippen molar-refractivity contribution >= 4 is 51.9 Å². The summed E-state index contributed by atoms with van der Waals surface area (Å²) in [6.07, 6.45) is 5.57. The molecule has 1 saturated carbocycles. The highest BCUT2D eigenvalue weighted by Crippen LogP contribution is 2.56. The van der Waals surface area contributed by atoms with Gasteiger partial charge in [0.25, 0.3) is 5.91 Å². The lowest BCUT2D eigenvalue weighted by atomic mass is 9.81. The topological polar surface area (TPSA) is 72.4 Å². The maximum absolute atomic E-state index is 14.7. The molecule has 4 aliphatic heterocycles. The molecular formula is C34H40Cl2N6O2S. The second kappa shape index (κ2) is 11.3. The fourth-order valence-corrected chi connectivity index (χ4v) is 9.37. The lowest BCUT2D eigenvalue weighted by molar-refractivity contribution is -0.145. The van der Waals surface area contributed by atoms with E-state index in [9.17, 15) is 9.59 Å². The summed E-state index contributed by atoms with van der Waals surface area (Å²) in [5, 5.41) is 1.86. The molecule has 45 heavy (non-hydrogen) atoms. The molecule has 5 aliphatic rings. The number of halogens is 2. The van der Waals surface area contributed by atoms with Gasteiger partial charge in [-0.25, -0.2) is 9.98 Å². The predicted octanol–water partition coefficient (Wildman–Crippen LogP) is 6.32. The van der Waals surface area contributed by atoms with Crippen LogP contribution in [0.4, 0.5) is 0 Å². The van der Waals surface area contributed by atoms with Crippen molar-refractivity contribution in [3.63, 3.8) is 0 Å². The van der Waals surface area contributed by atoms with E-state index in [1.807, 2.05) is 40.1 Å². The van der Waals surface area contributed by atoms with Gasteiger partial charge in [-0.3, -0.25) is 14.5 Å². The average molecular weight is 668 g/mol. The first kappa shape index (κ1) is 31.0. The zero-order valence-electron chi connectivity index (χ0n) is 26.5. The summed E-state index contributed by atoms with van der Waals surface area (Å²) in [5.41, 5.74) is 2.35. The van der Waals surface area contributed by atoms with Gasteiger partial charge in [0, 0.05) is 53.7 Å². The first-order chi connectivity index (χ1) is 21.4. The lowest BCUT2D eigenvalue weighted by Crippen LogP contribution is -2.59. The Morgan fingerprint density at radius 1 is 1.04 bits per heavy atom. The molecule has 2 aromatic rings. The number of amides is 2. The number of amidine groups is 1. The van der Waals surface area contributed by atoms with E-state index in [2.05, 4.69) is 49.5 Å². The van der Waals surface area contributed by atoms with Gasteiger partial charge in [0.1, 0.15) is 21.6 Å². The number of likely N-dealkylation sites (N-methyl/N-ethyl adjacent to an activating group) is 1. The fourth-order valence-electron chi connectivity index (χ4n) is 7.78. The molecule has 1 aliphatic carbocycles. The molecule has 1 aromatic heterocycles. The minimum Gasteiger partial charge on any atom is -0.338 e. The third-order valence-corrected chi connectivity index (χ3v) is 12.1. The number of pyridine rings is 1. The van der Waals surface area contributed by atoms with Crippen molar-refractivity contribution in [1.82, 2.24) is 24.6 Å². The summed E-state index contributed by atoms with van der Waals surface area (Å²) in [7, 11) is 2.17. The van der Waals surface area contributed by atoms with Crippen LogP contribution in [0.25, 0.3) is 0 Å². The van der Waals surface area contributed by atoms with Gasteiger partial charge in [0.05, 0.1) is 6.04 Å². The quantitative estimate of drug-likeness (QED) is 0.348. The number of nitrogens with zero attached hydrogens (tertiary/aromatic N) is 6. The summed E-state index contributed by atoms with van der Waals surface area (Å²) in [4.78, 5) is 47.7. The number of aliphatic imine (C=N–C) groups is 1. The molecule has 1 aromatic carbocycles. The fraction of sp³-hybridized carbons (Fsp3) is 0.529. The number of aromatic nitrogens is 1. The molecule has 2 saturated heterocycles. The smallest absolute Gasteiger partial charge is 0.263 e. The first-order valence-corrected chi connectivity index (χ1v) is 17.5. The van der Waals surface area contributed by atoms with Gasteiger partial charge in [-0.1, -0.05) is 55.2 Å². The van der Waals surface area contributed by atoms with E-state index < -0.39 is 11.6 Å². The second-order valence-corrected chi connectivity index (χ2v) is 15.6. The predicted molar refractivity (Wildman–Crippen MR) is 180 cm³/mol. The number of rotatable bonds is 5. The molecule has 4 atom stereocenters. The lowest BCUT2D eigenvalue weighted by Gasteiger charge is -2.42. The number of hydrogen-bond acceptors (Lipinski definition) is 7. The monoisotopic (exact) mass is 666 g/mol. The second-order valence-electron chi connectivity index (χ2n) is 13.8. The van der Waals surface area contributed by atoms with Crippen molar-refractivity contribution in [3.05, 3.63) is 74.5 Å². The Morgan fingerprint density at radius 2 is 1.78 bits per heavy atom. The Labute approximate surface area is 279 Å². The molecule has 0 radical (unpaired) electrons. The third-order valence-electron chi connectivity index (χ3n) is 10.6. The average Bonchev–Trinajstić information content (AvgIpc) is 3.38. The van der Waals surface area contributed by atoms with E-state index in [4.69, 9.17) is 28.2 Å². The zero-order valence-corrected chi connectivity index (χ0v) is 28.8. The van der Waals surface area contributed by atoms with Crippen molar-refractivity contribution < 1.29 is 9.59 Å². The van der Waals surface area contributed by atoms with Gasteiger partial charge in [0.2, 0.25) is 5.91 Å². The Hall–Kier alpha value is -2.59. The van der Waals surface area contributed by atoms with Gasteiger partial charge in [-0.2, -0.15) is 0 Å². The zero-order chi connectivity index (χ0) is 31.8. The van der Waals surface area contributed by atoms with Crippen molar-refractivity contribution in [1.29, 1.82) is 0 Å². The molecular weight excluding hydrogens is 627 g/mol. The molecule has 0 bridgehead atoms. The minimum absolute atomic E-state index is 0.0230. The summed E-state index contributed by atoms with van der Waals surface area (Å²) in [6, 6.07) is 10.9. The number of fused-ring (bicyclic) bond motifs is 1. The Morgan fingerprint density at radius 3 is 2.42 bits per heavy atom. The van der Waals surface area contributed by atoms with E-state index in [0.717, 1.165) is 54.3 Å². The summed E-state index contributed by atoms with van der Waals surface area (Å²) in [6.45, 7) is 10.8. The van der Waals surface area contributed by atoms with Crippen LogP contribution in [-0.2, 0) is 15.1 Å². The summed E-state index contributed by atoms with van der Waals surface area (Å²) >= 11 is 13.9. The molecule has 2 amide bonds. The van der Waals surface area contributed by atoms with Gasteiger partial charge in [-0.05, 0) is 88.0 Å². The van der Waals surface area contributed by atoms with Gasteiger partial charge < -0.3 is 14.7 Å².